The van der Waals surface area contributed by atoms with Gasteiger partial charge in [0.1, 0.15) is 12.4 Å². The molecule has 1 saturated heterocycles. The summed E-state index contributed by atoms with van der Waals surface area (Å²) < 4.78 is 5.51. The number of aliphatic hydroxyl groups excluding tert-OH is 2. The number of nitrogens with zero attached hydrogens (tertiary/aromatic N) is 1. The Morgan fingerprint density at radius 1 is 1.45 bits per heavy atom. The fourth-order valence-electron chi connectivity index (χ4n) is 2.06. The van der Waals surface area contributed by atoms with Gasteiger partial charge in [0.15, 0.2) is 0 Å². The molecule has 0 aromatic heterocycles. The van der Waals surface area contributed by atoms with Crippen molar-refractivity contribution in [1.82, 2.24) is 15.5 Å². The molecule has 3 atom stereocenters. The lowest BCUT2D eigenvalue weighted by molar-refractivity contribution is -0.119. The molecule has 2 rings (SSSR count). The van der Waals surface area contributed by atoms with E-state index in [1.165, 1.54) is 11.8 Å². The zero-order chi connectivity index (χ0) is 17.1. The van der Waals surface area contributed by atoms with Gasteiger partial charge >= 0.3 is 6.03 Å². The monoisotopic (exact) mass is 317 g/mol. The van der Waals surface area contributed by atoms with Gasteiger partial charge in [0.2, 0.25) is 5.91 Å². The van der Waals surface area contributed by atoms with Gasteiger partial charge in [0.05, 0.1) is 12.7 Å². The maximum Gasteiger partial charge on any atom is 0.325 e. The lowest BCUT2D eigenvalue weighted by Crippen LogP contribution is -2.55. The molecule has 2 aliphatic heterocycles. The van der Waals surface area contributed by atoms with Gasteiger partial charge in [-0.1, -0.05) is 13.8 Å². The molecule has 4 N–H and O–H groups in total. The van der Waals surface area contributed by atoms with Crippen LogP contribution in [0.1, 0.15) is 33.6 Å². The number of carbonyl (C=O) groups excluding carboxylic acids is 2. The van der Waals surface area contributed by atoms with Crippen molar-refractivity contribution in [2.75, 3.05) is 13.7 Å². The van der Waals surface area contributed by atoms with E-state index in [2.05, 4.69) is 10.6 Å². The van der Waals surface area contributed by atoms with E-state index >= 15 is 0 Å². The van der Waals surface area contributed by atoms with Gasteiger partial charge in [-0.3, -0.25) is 9.69 Å². The van der Waals surface area contributed by atoms with Crippen LogP contribution in [0.2, 0.25) is 0 Å². The van der Waals surface area contributed by atoms with Crippen molar-refractivity contribution >= 4 is 11.9 Å². The molecule has 8 nitrogen and oxygen atoms in total. The van der Waals surface area contributed by atoms with E-state index in [1.54, 1.807) is 12.3 Å². The summed E-state index contributed by atoms with van der Waals surface area (Å²) in [4.78, 5) is 24.2. The number of aliphatic hydroxyl groups is 2. The Labute approximate surface area is 131 Å². The molecule has 128 valence electrons. The van der Waals surface area contributed by atoms with E-state index in [4.69, 9.17) is 14.9 Å². The fraction of sp³-hybridized carbons (Fsp3) is 0.714. The molecule has 8 heteroatoms. The third-order valence-electron chi connectivity index (χ3n) is 2.91. The highest BCUT2D eigenvalue weighted by atomic mass is 16.5. The van der Waals surface area contributed by atoms with Gasteiger partial charge in [0.25, 0.3) is 0 Å². The second kappa shape index (κ2) is 11.0. The first-order valence-corrected chi connectivity index (χ1v) is 7.35. The van der Waals surface area contributed by atoms with E-state index in [0.717, 1.165) is 13.5 Å². The van der Waals surface area contributed by atoms with Gasteiger partial charge in [-0.05, 0) is 18.9 Å². The van der Waals surface area contributed by atoms with Gasteiger partial charge < -0.3 is 25.6 Å². The summed E-state index contributed by atoms with van der Waals surface area (Å²) in [5.41, 5.74) is 0. The van der Waals surface area contributed by atoms with Crippen molar-refractivity contribution in [3.63, 3.8) is 0 Å². The summed E-state index contributed by atoms with van der Waals surface area (Å²) in [5, 5.41) is 21.2. The number of amides is 3. The highest BCUT2D eigenvalue weighted by molar-refractivity contribution is 5.79. The molecule has 0 aliphatic carbocycles. The number of hydrogen-bond acceptors (Lipinski definition) is 5. The van der Waals surface area contributed by atoms with Gasteiger partial charge in [-0.25, -0.2) is 4.79 Å². The van der Waals surface area contributed by atoms with Crippen LogP contribution in [-0.2, 0) is 9.53 Å². The molecule has 0 bridgehead atoms. The van der Waals surface area contributed by atoms with Gasteiger partial charge in [-0.15, -0.1) is 0 Å². The first kappa shape index (κ1) is 20.4. The summed E-state index contributed by atoms with van der Waals surface area (Å²) in [6.07, 6.45) is 3.66. The Morgan fingerprint density at radius 3 is 2.55 bits per heavy atom. The molecule has 0 radical (unpaired) electrons. The molecule has 0 spiro atoms. The Kier molecular flexibility index (Phi) is 10.2. The highest BCUT2D eigenvalue weighted by Gasteiger charge is 2.33. The molecule has 0 aromatic carbocycles. The Bertz CT molecular complexity index is 375. The zero-order valence-corrected chi connectivity index (χ0v) is 13.6. The van der Waals surface area contributed by atoms with Crippen molar-refractivity contribution in [2.45, 2.75) is 52.1 Å². The summed E-state index contributed by atoms with van der Waals surface area (Å²) in [5.74, 6) is -0.212. The number of carbonyl (C=O) groups is 2. The van der Waals surface area contributed by atoms with Crippen LogP contribution in [0.4, 0.5) is 4.79 Å². The van der Waals surface area contributed by atoms with Crippen LogP contribution in [-0.4, -0.2) is 59.3 Å². The smallest absolute Gasteiger partial charge is 0.325 e. The number of hydrogen-bond donors (Lipinski definition) is 4. The Hall–Kier alpha value is -1.64. The maximum atomic E-state index is 11.8. The minimum atomic E-state index is -0.485. The minimum Gasteiger partial charge on any atom is -0.400 e. The SMILES string of the molecule is CC.CC(=O)NC1C=CN(C2CC[C@@H](CO)O2)C(=O)N1.CO. The van der Waals surface area contributed by atoms with E-state index in [0.29, 0.717) is 6.42 Å². The van der Waals surface area contributed by atoms with Crippen LogP contribution in [0.25, 0.3) is 0 Å². The third-order valence-corrected chi connectivity index (χ3v) is 2.91. The van der Waals surface area contributed by atoms with E-state index in [-0.39, 0.29) is 30.9 Å². The van der Waals surface area contributed by atoms with E-state index in [1.807, 2.05) is 13.8 Å². The molecule has 0 saturated carbocycles. The quantitative estimate of drug-likeness (QED) is 0.591. The van der Waals surface area contributed by atoms with Crippen molar-refractivity contribution in [3.05, 3.63) is 12.3 Å². The Balaban J connectivity index is 0.00000102. The van der Waals surface area contributed by atoms with Crippen LogP contribution in [0.15, 0.2) is 12.3 Å². The van der Waals surface area contributed by atoms with Crippen molar-refractivity contribution in [2.24, 2.45) is 0 Å². The van der Waals surface area contributed by atoms with Crippen molar-refractivity contribution in [1.29, 1.82) is 0 Å². The number of urea groups is 1. The van der Waals surface area contributed by atoms with Crippen LogP contribution in [0.3, 0.4) is 0 Å². The normalized spacial score (nSPS) is 26.2. The lowest BCUT2D eigenvalue weighted by Gasteiger charge is -2.31. The molecule has 0 aromatic rings. The largest absolute Gasteiger partial charge is 0.400 e. The second-order valence-electron chi connectivity index (χ2n) is 4.35. The summed E-state index contributed by atoms with van der Waals surface area (Å²) >= 11 is 0. The maximum absolute atomic E-state index is 11.8. The molecular weight excluding hydrogens is 290 g/mol. The number of nitrogens with one attached hydrogen (secondary N) is 2. The molecule has 1 fully saturated rings. The predicted octanol–water partition coefficient (Wildman–Crippen LogP) is 0.120. The second-order valence-corrected chi connectivity index (χ2v) is 4.35. The summed E-state index contributed by atoms with van der Waals surface area (Å²) in [7, 11) is 1.00. The molecule has 2 heterocycles. The van der Waals surface area contributed by atoms with Crippen LogP contribution >= 0.6 is 0 Å². The topological polar surface area (TPSA) is 111 Å². The average molecular weight is 317 g/mol. The molecule has 2 aliphatic rings. The van der Waals surface area contributed by atoms with Crippen molar-refractivity contribution in [3.8, 4) is 0 Å². The lowest BCUT2D eigenvalue weighted by atomic mass is 10.2. The molecule has 2 unspecified atom stereocenters. The van der Waals surface area contributed by atoms with Gasteiger partial charge in [0, 0.05) is 20.2 Å². The molecule has 3 amide bonds. The van der Waals surface area contributed by atoms with E-state index < -0.39 is 6.17 Å². The van der Waals surface area contributed by atoms with Crippen LogP contribution in [0.5, 0.6) is 0 Å². The van der Waals surface area contributed by atoms with E-state index in [9.17, 15) is 9.59 Å². The van der Waals surface area contributed by atoms with Crippen molar-refractivity contribution < 1.29 is 24.5 Å². The average Bonchev–Trinajstić information content (AvgIpc) is 2.99. The first-order chi connectivity index (χ1) is 10.6. The predicted molar refractivity (Wildman–Crippen MR) is 81.6 cm³/mol. The number of ether oxygens (including phenoxy) is 1. The highest BCUT2D eigenvalue weighted by Crippen LogP contribution is 2.23. The number of rotatable bonds is 3. The first-order valence-electron chi connectivity index (χ1n) is 7.35. The van der Waals surface area contributed by atoms with Crippen LogP contribution in [0, 0.1) is 0 Å². The summed E-state index contributed by atoms with van der Waals surface area (Å²) in [6.45, 7) is 5.35. The molecule has 22 heavy (non-hydrogen) atoms. The standard InChI is InChI=1S/C11H17N3O4.C2H6.CH4O/c1-7(16)12-9-4-5-14(11(17)13-9)10-3-2-8(6-15)18-10;2*1-2/h4-5,8-10,15H,2-3,6H2,1H3,(H,12,16)(H,13,17);1-2H3;2H,1H3/t8-,9?,10?;;/m0../s1. The minimum absolute atomic E-state index is 0.0375. The fourth-order valence-corrected chi connectivity index (χ4v) is 2.06. The van der Waals surface area contributed by atoms with Crippen LogP contribution < -0.4 is 10.6 Å². The van der Waals surface area contributed by atoms with Gasteiger partial charge in [-0.2, -0.15) is 0 Å². The summed E-state index contributed by atoms with van der Waals surface area (Å²) in [6, 6.07) is -0.320. The Morgan fingerprint density at radius 2 is 2.09 bits per heavy atom. The molecular formula is C14H27N3O5. The zero-order valence-electron chi connectivity index (χ0n) is 13.6. The third kappa shape index (κ3) is 6.00.